The maximum absolute atomic E-state index is 3.01. The first-order valence-corrected chi connectivity index (χ1v) is 3.37. The summed E-state index contributed by atoms with van der Waals surface area (Å²) in [6.07, 6.45) is 0.872. The van der Waals surface area contributed by atoms with Gasteiger partial charge in [0.2, 0.25) is 0 Å². The van der Waals surface area contributed by atoms with Crippen molar-refractivity contribution in [3.05, 3.63) is 35.9 Å². The minimum absolute atomic E-state index is 0. The van der Waals surface area contributed by atoms with Crippen molar-refractivity contribution in [1.29, 1.82) is 0 Å². The molecular weight excluding hydrogens is 136 g/mol. The Labute approximate surface area is 67.4 Å². The molecule has 1 heteroatoms. The summed E-state index contributed by atoms with van der Waals surface area (Å²) in [5.41, 5.74) is 1.29. The number of hydrogen-bond donors (Lipinski definition) is 0. The van der Waals surface area contributed by atoms with Gasteiger partial charge in [0, 0.05) is 6.42 Å². The van der Waals surface area contributed by atoms with Gasteiger partial charge in [-0.3, -0.25) is 0 Å². The lowest BCUT2D eigenvalue weighted by atomic mass is 10.2. The smallest absolute Gasteiger partial charge is 0.0340 e. The van der Waals surface area contributed by atoms with E-state index in [0.717, 1.165) is 6.42 Å². The predicted octanol–water partition coefficient (Wildman–Crippen LogP) is 1.43. The molecular formula is C10H12O. The van der Waals surface area contributed by atoms with Gasteiger partial charge in [-0.1, -0.05) is 36.3 Å². The third-order valence-electron chi connectivity index (χ3n) is 1.31. The van der Waals surface area contributed by atoms with Gasteiger partial charge in [-0.05, 0) is 12.5 Å². The Morgan fingerprint density at radius 1 is 1.18 bits per heavy atom. The monoisotopic (exact) mass is 148 g/mol. The molecule has 0 atom stereocenters. The Hall–Kier alpha value is -1.26. The lowest BCUT2D eigenvalue weighted by Crippen LogP contribution is -1.77. The Morgan fingerprint density at radius 2 is 1.82 bits per heavy atom. The van der Waals surface area contributed by atoms with Gasteiger partial charge in [-0.25, -0.2) is 0 Å². The number of hydrogen-bond acceptors (Lipinski definition) is 0. The van der Waals surface area contributed by atoms with Crippen molar-refractivity contribution >= 4 is 0 Å². The first kappa shape index (κ1) is 9.74. The molecule has 0 aromatic heterocycles. The maximum Gasteiger partial charge on any atom is 0.0340 e. The van der Waals surface area contributed by atoms with Gasteiger partial charge >= 0.3 is 0 Å². The van der Waals surface area contributed by atoms with E-state index in [2.05, 4.69) is 24.0 Å². The van der Waals surface area contributed by atoms with Crippen molar-refractivity contribution in [3.8, 4) is 11.8 Å². The molecule has 2 N–H and O–H groups in total. The second-order valence-corrected chi connectivity index (χ2v) is 2.09. The zero-order valence-corrected chi connectivity index (χ0v) is 6.59. The van der Waals surface area contributed by atoms with Gasteiger partial charge in [0.25, 0.3) is 0 Å². The molecule has 0 unspecified atom stereocenters. The molecule has 0 radical (unpaired) electrons. The predicted molar refractivity (Wildman–Crippen MR) is 47.2 cm³/mol. The van der Waals surface area contributed by atoms with E-state index in [1.807, 2.05) is 25.1 Å². The molecule has 58 valence electrons. The van der Waals surface area contributed by atoms with Crippen LogP contribution in [-0.4, -0.2) is 5.48 Å². The third kappa shape index (κ3) is 3.44. The highest BCUT2D eigenvalue weighted by Gasteiger charge is 1.83. The van der Waals surface area contributed by atoms with Gasteiger partial charge < -0.3 is 5.48 Å². The van der Waals surface area contributed by atoms with E-state index in [9.17, 15) is 0 Å². The van der Waals surface area contributed by atoms with Crippen LogP contribution in [-0.2, 0) is 6.42 Å². The molecule has 1 aromatic carbocycles. The van der Waals surface area contributed by atoms with Crippen LogP contribution in [0.25, 0.3) is 0 Å². The van der Waals surface area contributed by atoms with Crippen molar-refractivity contribution in [2.45, 2.75) is 13.3 Å². The summed E-state index contributed by atoms with van der Waals surface area (Å²) in [5, 5.41) is 0. The van der Waals surface area contributed by atoms with Crippen LogP contribution in [0.15, 0.2) is 30.3 Å². The Morgan fingerprint density at radius 3 is 2.36 bits per heavy atom. The van der Waals surface area contributed by atoms with Crippen LogP contribution in [0.1, 0.15) is 12.5 Å². The molecule has 0 aliphatic carbocycles. The fourth-order valence-corrected chi connectivity index (χ4v) is 0.786. The van der Waals surface area contributed by atoms with Gasteiger partial charge in [-0.2, -0.15) is 0 Å². The molecule has 0 aliphatic rings. The Kier molecular flexibility index (Phi) is 4.89. The summed E-state index contributed by atoms with van der Waals surface area (Å²) in [5.74, 6) is 5.88. The molecule has 0 amide bonds. The molecule has 0 aliphatic heterocycles. The van der Waals surface area contributed by atoms with Crippen LogP contribution in [0.5, 0.6) is 0 Å². The first-order valence-electron chi connectivity index (χ1n) is 3.37. The maximum atomic E-state index is 3.01. The summed E-state index contributed by atoms with van der Waals surface area (Å²) in [6, 6.07) is 10.3. The largest absolute Gasteiger partial charge is 0.412 e. The highest BCUT2D eigenvalue weighted by atomic mass is 16.0. The molecule has 0 saturated heterocycles. The fourth-order valence-electron chi connectivity index (χ4n) is 0.786. The van der Waals surface area contributed by atoms with E-state index in [-0.39, 0.29) is 5.48 Å². The summed E-state index contributed by atoms with van der Waals surface area (Å²) < 4.78 is 0. The number of rotatable bonds is 1. The van der Waals surface area contributed by atoms with Crippen molar-refractivity contribution in [3.63, 3.8) is 0 Å². The van der Waals surface area contributed by atoms with E-state index in [4.69, 9.17) is 0 Å². The molecule has 1 rings (SSSR count). The topological polar surface area (TPSA) is 31.5 Å². The standard InChI is InChI=1S/C10H10.H2O/c1-2-3-7-10-8-5-4-6-9-10;/h4-6,8-9H,7H2,1H3;1H2. The minimum Gasteiger partial charge on any atom is -0.412 e. The van der Waals surface area contributed by atoms with E-state index in [1.54, 1.807) is 0 Å². The Balaban J connectivity index is 0.000001000. The fraction of sp³-hybridized carbons (Fsp3) is 0.200. The molecule has 0 bridgehead atoms. The van der Waals surface area contributed by atoms with E-state index < -0.39 is 0 Å². The lowest BCUT2D eigenvalue weighted by molar-refractivity contribution is 0.824. The molecule has 11 heavy (non-hydrogen) atoms. The van der Waals surface area contributed by atoms with Crippen LogP contribution >= 0.6 is 0 Å². The van der Waals surface area contributed by atoms with E-state index in [0.29, 0.717) is 0 Å². The quantitative estimate of drug-likeness (QED) is 0.539. The molecule has 1 nitrogen and oxygen atoms in total. The van der Waals surface area contributed by atoms with Crippen LogP contribution in [0.4, 0.5) is 0 Å². The van der Waals surface area contributed by atoms with E-state index in [1.165, 1.54) is 5.56 Å². The average Bonchev–Trinajstić information content (AvgIpc) is 2.03. The Bertz CT molecular complexity index is 241. The summed E-state index contributed by atoms with van der Waals surface area (Å²) in [7, 11) is 0. The van der Waals surface area contributed by atoms with Crippen molar-refractivity contribution in [2.75, 3.05) is 0 Å². The van der Waals surface area contributed by atoms with Crippen LogP contribution < -0.4 is 0 Å². The normalized spacial score (nSPS) is 7.36. The van der Waals surface area contributed by atoms with Gasteiger partial charge in [-0.15, -0.1) is 5.92 Å². The molecule has 0 heterocycles. The van der Waals surface area contributed by atoms with Gasteiger partial charge in [0.15, 0.2) is 0 Å². The third-order valence-corrected chi connectivity index (χ3v) is 1.31. The highest BCUT2D eigenvalue weighted by Crippen LogP contribution is 1.97. The van der Waals surface area contributed by atoms with Gasteiger partial charge in [0.1, 0.15) is 0 Å². The molecule has 0 saturated carbocycles. The second-order valence-electron chi connectivity index (χ2n) is 2.09. The van der Waals surface area contributed by atoms with Crippen LogP contribution in [0.2, 0.25) is 0 Å². The van der Waals surface area contributed by atoms with Crippen molar-refractivity contribution < 1.29 is 5.48 Å². The minimum atomic E-state index is 0. The first-order chi connectivity index (χ1) is 4.93. The van der Waals surface area contributed by atoms with Crippen LogP contribution in [0, 0.1) is 11.8 Å². The summed E-state index contributed by atoms with van der Waals surface area (Å²) in [4.78, 5) is 0. The van der Waals surface area contributed by atoms with Crippen molar-refractivity contribution in [2.24, 2.45) is 0 Å². The number of benzene rings is 1. The van der Waals surface area contributed by atoms with Crippen molar-refractivity contribution in [1.82, 2.24) is 0 Å². The lowest BCUT2D eigenvalue weighted by Gasteiger charge is -1.90. The zero-order valence-electron chi connectivity index (χ0n) is 6.59. The second kappa shape index (κ2) is 5.52. The zero-order chi connectivity index (χ0) is 7.23. The summed E-state index contributed by atoms with van der Waals surface area (Å²) in [6.45, 7) is 1.86. The van der Waals surface area contributed by atoms with E-state index >= 15 is 0 Å². The molecule has 0 fully saturated rings. The SMILES string of the molecule is CC#CCc1ccccc1.O. The highest BCUT2D eigenvalue weighted by molar-refractivity contribution is 5.20. The summed E-state index contributed by atoms with van der Waals surface area (Å²) >= 11 is 0. The average molecular weight is 148 g/mol. The molecule has 0 spiro atoms. The van der Waals surface area contributed by atoms with Gasteiger partial charge in [0.05, 0.1) is 0 Å². The molecule has 1 aromatic rings. The van der Waals surface area contributed by atoms with Crippen LogP contribution in [0.3, 0.4) is 0 Å².